The fourth-order valence-corrected chi connectivity index (χ4v) is 2.25. The first-order chi connectivity index (χ1) is 8.75. The highest BCUT2D eigenvalue weighted by Gasteiger charge is 2.45. The summed E-state index contributed by atoms with van der Waals surface area (Å²) in [6.07, 6.45) is 6.39. The third-order valence-corrected chi connectivity index (χ3v) is 3.44. The van der Waals surface area contributed by atoms with Crippen LogP contribution in [0.3, 0.4) is 0 Å². The number of rotatable bonds is 3. The number of isocyanates is 1. The Kier molecular flexibility index (Phi) is 2.51. The largest absolute Gasteiger partial charge is 0.235 e. The summed E-state index contributed by atoms with van der Waals surface area (Å²) in [4.78, 5) is 18.2. The van der Waals surface area contributed by atoms with E-state index in [2.05, 4.69) is 15.1 Å². The van der Waals surface area contributed by atoms with E-state index in [9.17, 15) is 4.79 Å². The van der Waals surface area contributed by atoms with Crippen LogP contribution in [0.4, 0.5) is 0 Å². The lowest BCUT2D eigenvalue weighted by Gasteiger charge is -2.10. The molecule has 90 valence electrons. The Morgan fingerprint density at radius 2 is 2.28 bits per heavy atom. The van der Waals surface area contributed by atoms with Gasteiger partial charge >= 0.3 is 0 Å². The van der Waals surface area contributed by atoms with E-state index in [-0.39, 0.29) is 0 Å². The van der Waals surface area contributed by atoms with E-state index in [1.807, 2.05) is 18.2 Å². The van der Waals surface area contributed by atoms with Gasteiger partial charge in [0, 0.05) is 0 Å². The van der Waals surface area contributed by atoms with Crippen LogP contribution in [-0.2, 0) is 10.3 Å². The Balaban J connectivity index is 2.02. The molecule has 3 rings (SSSR count). The smallest absolute Gasteiger partial charge is 0.223 e. The van der Waals surface area contributed by atoms with Crippen LogP contribution < -0.4 is 0 Å². The summed E-state index contributed by atoms with van der Waals surface area (Å²) < 4.78 is 1.59. The molecular formula is C12H9ClN4O. The van der Waals surface area contributed by atoms with Gasteiger partial charge in [-0.3, -0.25) is 0 Å². The molecular weight excluding hydrogens is 252 g/mol. The maximum atomic E-state index is 10.4. The van der Waals surface area contributed by atoms with E-state index < -0.39 is 5.54 Å². The van der Waals surface area contributed by atoms with Crippen molar-refractivity contribution in [3.05, 3.63) is 41.4 Å². The SMILES string of the molecule is O=C=NC1(c2ccc(-n3cncn3)c(Cl)c2)CC1. The first-order valence-electron chi connectivity index (χ1n) is 5.49. The molecule has 0 amide bonds. The Bertz CT molecular complexity index is 628. The Labute approximate surface area is 108 Å². The van der Waals surface area contributed by atoms with E-state index in [4.69, 9.17) is 11.6 Å². The van der Waals surface area contributed by atoms with Gasteiger partial charge in [-0.05, 0) is 30.5 Å². The first kappa shape index (κ1) is 11.1. The van der Waals surface area contributed by atoms with E-state index in [1.165, 1.54) is 6.33 Å². The molecule has 1 heterocycles. The molecule has 2 aromatic rings. The van der Waals surface area contributed by atoms with E-state index >= 15 is 0 Å². The molecule has 0 saturated heterocycles. The molecule has 0 spiro atoms. The quantitative estimate of drug-likeness (QED) is 0.628. The van der Waals surface area contributed by atoms with Crippen molar-refractivity contribution in [3.8, 4) is 5.69 Å². The predicted octanol–water partition coefficient (Wildman–Crippen LogP) is 2.25. The summed E-state index contributed by atoms with van der Waals surface area (Å²) in [5, 5.41) is 4.59. The second-order valence-electron chi connectivity index (χ2n) is 4.24. The molecule has 18 heavy (non-hydrogen) atoms. The molecule has 0 radical (unpaired) electrons. The highest BCUT2D eigenvalue weighted by atomic mass is 35.5. The number of carbonyl (C=O) groups excluding carboxylic acids is 1. The number of aliphatic imine (C=N–C) groups is 1. The topological polar surface area (TPSA) is 60.1 Å². The van der Waals surface area contributed by atoms with Gasteiger partial charge < -0.3 is 0 Å². The monoisotopic (exact) mass is 260 g/mol. The summed E-state index contributed by atoms with van der Waals surface area (Å²) in [5.41, 5.74) is 1.30. The third kappa shape index (κ3) is 1.74. The van der Waals surface area contributed by atoms with Crippen LogP contribution in [0.15, 0.2) is 35.8 Å². The highest BCUT2D eigenvalue weighted by Crippen LogP contribution is 2.49. The predicted molar refractivity (Wildman–Crippen MR) is 65.4 cm³/mol. The van der Waals surface area contributed by atoms with Crippen LogP contribution in [0.5, 0.6) is 0 Å². The molecule has 1 aromatic heterocycles. The van der Waals surface area contributed by atoms with Crippen molar-refractivity contribution in [2.24, 2.45) is 4.99 Å². The molecule has 0 aliphatic heterocycles. The average Bonchev–Trinajstić information content (AvgIpc) is 2.95. The van der Waals surface area contributed by atoms with Crippen LogP contribution in [0.2, 0.25) is 5.02 Å². The molecule has 6 heteroatoms. The van der Waals surface area contributed by atoms with Gasteiger partial charge in [0.15, 0.2) is 0 Å². The Morgan fingerprint density at radius 1 is 1.44 bits per heavy atom. The minimum Gasteiger partial charge on any atom is -0.223 e. The van der Waals surface area contributed by atoms with Crippen molar-refractivity contribution in [3.63, 3.8) is 0 Å². The standard InChI is InChI=1S/C12H9ClN4O/c13-10-5-9(12(3-4-12)15-8-18)1-2-11(10)17-7-14-6-16-17/h1-2,5-7H,3-4H2. The fourth-order valence-electron chi connectivity index (χ4n) is 1.99. The third-order valence-electron chi connectivity index (χ3n) is 3.13. The van der Waals surface area contributed by atoms with Gasteiger partial charge in [0.2, 0.25) is 6.08 Å². The number of benzene rings is 1. The normalized spacial score (nSPS) is 16.1. The lowest BCUT2D eigenvalue weighted by molar-refractivity contribution is 0.556. The van der Waals surface area contributed by atoms with Crippen molar-refractivity contribution in [2.75, 3.05) is 0 Å². The number of halogens is 1. The molecule has 0 bridgehead atoms. The molecule has 0 atom stereocenters. The van der Waals surface area contributed by atoms with E-state index in [1.54, 1.807) is 17.1 Å². The van der Waals surface area contributed by atoms with Crippen molar-refractivity contribution >= 4 is 17.7 Å². The molecule has 5 nitrogen and oxygen atoms in total. The second kappa shape index (κ2) is 4.05. The number of hydrogen-bond acceptors (Lipinski definition) is 4. The summed E-state index contributed by atoms with van der Waals surface area (Å²) >= 11 is 6.23. The molecule has 1 aliphatic rings. The number of aromatic nitrogens is 3. The van der Waals surface area contributed by atoms with Gasteiger partial charge in [-0.25, -0.2) is 14.5 Å². The van der Waals surface area contributed by atoms with Crippen LogP contribution in [0.1, 0.15) is 18.4 Å². The van der Waals surface area contributed by atoms with Crippen LogP contribution in [0.25, 0.3) is 5.69 Å². The molecule has 1 fully saturated rings. The van der Waals surface area contributed by atoms with Crippen LogP contribution in [0, 0.1) is 0 Å². The number of hydrogen-bond donors (Lipinski definition) is 0. The van der Waals surface area contributed by atoms with Crippen molar-refractivity contribution in [1.82, 2.24) is 14.8 Å². The fraction of sp³-hybridized carbons (Fsp3) is 0.250. The van der Waals surface area contributed by atoms with Gasteiger partial charge in [-0.1, -0.05) is 17.7 Å². The summed E-state index contributed by atoms with van der Waals surface area (Å²) in [5.74, 6) is 0. The van der Waals surface area contributed by atoms with Crippen LogP contribution in [-0.4, -0.2) is 20.8 Å². The van der Waals surface area contributed by atoms with Gasteiger partial charge in [-0.15, -0.1) is 0 Å². The first-order valence-corrected chi connectivity index (χ1v) is 5.87. The van der Waals surface area contributed by atoms with Gasteiger partial charge in [-0.2, -0.15) is 10.1 Å². The zero-order chi connectivity index (χ0) is 12.6. The van der Waals surface area contributed by atoms with Crippen molar-refractivity contribution in [2.45, 2.75) is 18.4 Å². The summed E-state index contributed by atoms with van der Waals surface area (Å²) in [6, 6.07) is 5.59. The average molecular weight is 261 g/mol. The van der Waals surface area contributed by atoms with Crippen molar-refractivity contribution in [1.29, 1.82) is 0 Å². The van der Waals surface area contributed by atoms with Gasteiger partial charge in [0.05, 0.1) is 16.2 Å². The lowest BCUT2D eigenvalue weighted by atomic mass is 10.1. The molecule has 1 aromatic carbocycles. The maximum Gasteiger partial charge on any atom is 0.235 e. The zero-order valence-electron chi connectivity index (χ0n) is 9.38. The minimum absolute atomic E-state index is 0.397. The van der Waals surface area contributed by atoms with Gasteiger partial charge in [0.25, 0.3) is 0 Å². The molecule has 1 saturated carbocycles. The van der Waals surface area contributed by atoms with Gasteiger partial charge in [0.1, 0.15) is 12.7 Å². The Morgan fingerprint density at radius 3 is 2.83 bits per heavy atom. The second-order valence-corrected chi connectivity index (χ2v) is 4.65. The summed E-state index contributed by atoms with van der Waals surface area (Å²) in [7, 11) is 0. The van der Waals surface area contributed by atoms with E-state index in [0.717, 1.165) is 24.1 Å². The molecule has 1 aliphatic carbocycles. The minimum atomic E-state index is -0.397. The highest BCUT2D eigenvalue weighted by molar-refractivity contribution is 6.32. The number of nitrogens with zero attached hydrogens (tertiary/aromatic N) is 4. The van der Waals surface area contributed by atoms with Crippen LogP contribution >= 0.6 is 11.6 Å². The van der Waals surface area contributed by atoms with Crippen molar-refractivity contribution < 1.29 is 4.79 Å². The lowest BCUT2D eigenvalue weighted by Crippen LogP contribution is -2.04. The van der Waals surface area contributed by atoms with E-state index in [0.29, 0.717) is 5.02 Å². The molecule has 0 unspecified atom stereocenters. The summed E-state index contributed by atoms with van der Waals surface area (Å²) in [6.45, 7) is 0. The Hall–Kier alpha value is -1.97. The molecule has 0 N–H and O–H groups in total. The maximum absolute atomic E-state index is 10.4. The zero-order valence-corrected chi connectivity index (χ0v) is 10.1.